The van der Waals surface area contributed by atoms with Crippen molar-refractivity contribution in [3.8, 4) is 0 Å². The lowest BCUT2D eigenvalue weighted by Gasteiger charge is -2.43. The number of carbonyl (C=O) groups excluding carboxylic acids is 1. The quantitative estimate of drug-likeness (QED) is 0.814. The Bertz CT molecular complexity index is 949. The van der Waals surface area contributed by atoms with E-state index in [2.05, 4.69) is 11.4 Å². The molecule has 2 aromatic carbocycles. The number of amidine groups is 1. The third kappa shape index (κ3) is 4.02. The van der Waals surface area contributed by atoms with Gasteiger partial charge in [-0.25, -0.2) is 0 Å². The van der Waals surface area contributed by atoms with Crippen LogP contribution >= 0.6 is 11.6 Å². The summed E-state index contributed by atoms with van der Waals surface area (Å²) in [6.07, 6.45) is 2.70. The molecule has 2 aromatic rings. The van der Waals surface area contributed by atoms with E-state index in [1.165, 1.54) is 5.56 Å². The largest absolute Gasteiger partial charge is 0.381 e. The van der Waals surface area contributed by atoms with Crippen LogP contribution in [0.15, 0.2) is 47.5 Å². The van der Waals surface area contributed by atoms with E-state index in [-0.39, 0.29) is 11.3 Å². The fourth-order valence-electron chi connectivity index (χ4n) is 4.20. The van der Waals surface area contributed by atoms with Crippen LogP contribution in [-0.2, 0) is 17.7 Å². The van der Waals surface area contributed by atoms with Crippen molar-refractivity contribution in [3.63, 3.8) is 0 Å². The van der Waals surface area contributed by atoms with Crippen molar-refractivity contribution in [2.45, 2.75) is 25.8 Å². The van der Waals surface area contributed by atoms with Gasteiger partial charge < -0.3 is 15.0 Å². The van der Waals surface area contributed by atoms with Gasteiger partial charge >= 0.3 is 0 Å². The Labute approximate surface area is 176 Å². The van der Waals surface area contributed by atoms with Crippen molar-refractivity contribution in [3.05, 3.63) is 64.2 Å². The summed E-state index contributed by atoms with van der Waals surface area (Å²) < 4.78 is 5.64. The number of aliphatic imine (C=N–C) groups is 1. The van der Waals surface area contributed by atoms with E-state index in [0.717, 1.165) is 49.6 Å². The van der Waals surface area contributed by atoms with Crippen molar-refractivity contribution in [1.82, 2.24) is 4.90 Å². The van der Waals surface area contributed by atoms with Crippen LogP contribution in [0.3, 0.4) is 0 Å². The number of para-hydroxylation sites is 1. The SMILES string of the molecule is CN(C)C(=O)c1cccc2c1NC(=NCc1cccc(Cl)c1)C1(CCOCC1)C2. The summed E-state index contributed by atoms with van der Waals surface area (Å²) in [4.78, 5) is 19.3. The Morgan fingerprint density at radius 2 is 1.97 bits per heavy atom. The molecule has 1 saturated heterocycles. The van der Waals surface area contributed by atoms with Gasteiger partial charge in [0.05, 0.1) is 17.8 Å². The molecule has 1 fully saturated rings. The monoisotopic (exact) mass is 411 g/mol. The maximum absolute atomic E-state index is 12.7. The van der Waals surface area contributed by atoms with E-state index < -0.39 is 0 Å². The van der Waals surface area contributed by atoms with E-state index in [4.69, 9.17) is 21.3 Å². The first-order valence-electron chi connectivity index (χ1n) is 9.96. The van der Waals surface area contributed by atoms with Crippen LogP contribution in [0, 0.1) is 5.41 Å². The Hall–Kier alpha value is -2.37. The standard InChI is InChI=1S/C23H26ClN3O2/c1-27(2)21(28)19-8-4-6-17-14-23(9-11-29-12-10-23)22(26-20(17)19)25-15-16-5-3-7-18(24)13-16/h3-8,13H,9-12,14-15H2,1-2H3,(H,25,26). The van der Waals surface area contributed by atoms with Gasteiger partial charge in [-0.05, 0) is 48.6 Å². The predicted octanol–water partition coefficient (Wildman–Crippen LogP) is 4.41. The highest BCUT2D eigenvalue weighted by Crippen LogP contribution is 2.43. The molecule has 0 aromatic heterocycles. The summed E-state index contributed by atoms with van der Waals surface area (Å²) in [6.45, 7) is 2.00. The van der Waals surface area contributed by atoms with Crippen molar-refractivity contribution >= 4 is 29.0 Å². The van der Waals surface area contributed by atoms with Crippen molar-refractivity contribution in [2.24, 2.45) is 10.4 Å². The number of hydrogen-bond acceptors (Lipinski definition) is 3. The highest BCUT2D eigenvalue weighted by atomic mass is 35.5. The predicted molar refractivity (Wildman–Crippen MR) is 117 cm³/mol. The van der Waals surface area contributed by atoms with Gasteiger partial charge in [0.1, 0.15) is 5.84 Å². The lowest BCUT2D eigenvalue weighted by Crippen LogP contribution is -2.46. The van der Waals surface area contributed by atoms with Gasteiger partial charge in [-0.2, -0.15) is 0 Å². The maximum atomic E-state index is 12.7. The zero-order valence-electron chi connectivity index (χ0n) is 16.9. The van der Waals surface area contributed by atoms with Gasteiger partial charge in [-0.3, -0.25) is 9.79 Å². The Morgan fingerprint density at radius 1 is 1.21 bits per heavy atom. The summed E-state index contributed by atoms with van der Waals surface area (Å²) in [7, 11) is 3.55. The summed E-state index contributed by atoms with van der Waals surface area (Å²) in [5, 5.41) is 4.27. The van der Waals surface area contributed by atoms with Gasteiger partial charge in [-0.15, -0.1) is 0 Å². The molecule has 0 unspecified atom stereocenters. The summed E-state index contributed by atoms with van der Waals surface area (Å²) in [6, 6.07) is 13.7. The van der Waals surface area contributed by atoms with Gasteiger partial charge in [0.2, 0.25) is 0 Å². The fourth-order valence-corrected chi connectivity index (χ4v) is 4.41. The molecule has 5 nitrogen and oxygen atoms in total. The normalized spacial score (nSPS) is 18.9. The number of benzene rings is 2. The second-order valence-electron chi connectivity index (χ2n) is 8.03. The van der Waals surface area contributed by atoms with Crippen LogP contribution in [0.2, 0.25) is 5.02 Å². The molecule has 1 N–H and O–H groups in total. The molecule has 1 spiro atoms. The minimum absolute atomic E-state index is 0.00790. The lowest BCUT2D eigenvalue weighted by atomic mass is 9.71. The highest BCUT2D eigenvalue weighted by molar-refractivity contribution is 6.30. The molecule has 29 heavy (non-hydrogen) atoms. The molecular weight excluding hydrogens is 386 g/mol. The lowest BCUT2D eigenvalue weighted by molar-refractivity contribution is 0.0448. The van der Waals surface area contributed by atoms with Crippen molar-refractivity contribution in [1.29, 1.82) is 0 Å². The number of halogens is 1. The number of carbonyl (C=O) groups is 1. The van der Waals surface area contributed by atoms with Crippen LogP contribution in [0.4, 0.5) is 5.69 Å². The molecule has 2 heterocycles. The van der Waals surface area contributed by atoms with Gasteiger partial charge in [-0.1, -0.05) is 35.9 Å². The molecular formula is C23H26ClN3O2. The average molecular weight is 412 g/mol. The Kier molecular flexibility index (Phi) is 5.61. The first kappa shape index (κ1) is 19.9. The second kappa shape index (κ2) is 8.17. The fraction of sp³-hybridized carbons (Fsp3) is 0.391. The van der Waals surface area contributed by atoms with Gasteiger partial charge in [0, 0.05) is 37.7 Å². The van der Waals surface area contributed by atoms with Crippen molar-refractivity contribution < 1.29 is 9.53 Å². The number of ether oxygens (including phenoxy) is 1. The van der Waals surface area contributed by atoms with Crippen LogP contribution in [0.25, 0.3) is 0 Å². The number of anilines is 1. The van der Waals surface area contributed by atoms with Crippen LogP contribution in [0.5, 0.6) is 0 Å². The van der Waals surface area contributed by atoms with Crippen LogP contribution in [-0.4, -0.2) is 44.0 Å². The third-order valence-electron chi connectivity index (χ3n) is 5.82. The van der Waals surface area contributed by atoms with E-state index >= 15 is 0 Å². The summed E-state index contributed by atoms with van der Waals surface area (Å²) >= 11 is 6.14. The Morgan fingerprint density at radius 3 is 2.69 bits per heavy atom. The summed E-state index contributed by atoms with van der Waals surface area (Å²) in [5.74, 6) is 0.943. The first-order chi connectivity index (χ1) is 14.0. The van der Waals surface area contributed by atoms with Crippen LogP contribution in [0.1, 0.15) is 34.3 Å². The number of nitrogens with one attached hydrogen (secondary N) is 1. The zero-order valence-corrected chi connectivity index (χ0v) is 17.6. The number of nitrogens with zero attached hydrogens (tertiary/aromatic N) is 2. The summed E-state index contributed by atoms with van der Waals surface area (Å²) in [5.41, 5.74) is 3.72. The molecule has 0 saturated carbocycles. The molecule has 2 aliphatic rings. The molecule has 0 aliphatic carbocycles. The first-order valence-corrected chi connectivity index (χ1v) is 10.3. The van der Waals surface area contributed by atoms with Crippen LogP contribution < -0.4 is 5.32 Å². The molecule has 4 rings (SSSR count). The molecule has 0 atom stereocenters. The minimum Gasteiger partial charge on any atom is -0.381 e. The zero-order chi connectivity index (χ0) is 20.4. The molecule has 6 heteroatoms. The smallest absolute Gasteiger partial charge is 0.255 e. The number of amides is 1. The maximum Gasteiger partial charge on any atom is 0.255 e. The van der Waals surface area contributed by atoms with E-state index in [1.807, 2.05) is 36.4 Å². The van der Waals surface area contributed by atoms with Gasteiger partial charge in [0.15, 0.2) is 0 Å². The molecule has 152 valence electrons. The average Bonchev–Trinajstić information content (AvgIpc) is 2.72. The Balaban J connectivity index is 1.73. The molecule has 0 radical (unpaired) electrons. The van der Waals surface area contributed by atoms with Gasteiger partial charge in [0.25, 0.3) is 5.91 Å². The topological polar surface area (TPSA) is 53.9 Å². The molecule has 1 amide bonds. The third-order valence-corrected chi connectivity index (χ3v) is 6.06. The molecule has 2 aliphatic heterocycles. The second-order valence-corrected chi connectivity index (χ2v) is 8.46. The van der Waals surface area contributed by atoms with E-state index in [1.54, 1.807) is 19.0 Å². The highest BCUT2D eigenvalue weighted by Gasteiger charge is 2.42. The number of rotatable bonds is 3. The molecule has 0 bridgehead atoms. The van der Waals surface area contributed by atoms with E-state index in [9.17, 15) is 4.79 Å². The van der Waals surface area contributed by atoms with E-state index in [0.29, 0.717) is 17.1 Å². The number of fused-ring (bicyclic) bond motifs is 1. The minimum atomic E-state index is -0.0797. The van der Waals surface area contributed by atoms with Crippen molar-refractivity contribution in [2.75, 3.05) is 32.6 Å². The number of hydrogen-bond donors (Lipinski definition) is 1.